The van der Waals surface area contributed by atoms with Crippen LogP contribution in [0.2, 0.25) is 0 Å². The number of aliphatic hydroxyl groups excluding tert-OH is 1. The molecule has 0 spiro atoms. The smallest absolute Gasteiger partial charge is 0.338 e. The van der Waals surface area contributed by atoms with Gasteiger partial charge in [0.05, 0.1) is 18.8 Å². The molecule has 0 aromatic heterocycles. The van der Waals surface area contributed by atoms with E-state index in [0.29, 0.717) is 13.1 Å². The van der Waals surface area contributed by atoms with E-state index in [2.05, 4.69) is 9.64 Å². The number of rotatable bonds is 3. The molecule has 1 aromatic rings. The van der Waals surface area contributed by atoms with Crippen molar-refractivity contribution in [1.82, 2.24) is 4.90 Å². The van der Waals surface area contributed by atoms with Crippen LogP contribution in [0.25, 0.3) is 0 Å². The number of hydrogen-bond acceptors (Lipinski definition) is 4. The molecule has 0 bridgehead atoms. The number of aliphatic hydroxyl groups is 1. The van der Waals surface area contributed by atoms with Gasteiger partial charge in [0, 0.05) is 13.1 Å². The highest BCUT2D eigenvalue weighted by molar-refractivity contribution is 5.91. The molecular weight excluding hydrogens is 249 g/mol. The first-order valence-corrected chi connectivity index (χ1v) is 6.37. The first-order valence-electron chi connectivity index (χ1n) is 6.37. The minimum atomic E-state index is -0.535. The maximum Gasteiger partial charge on any atom is 0.338 e. The molecule has 19 heavy (non-hydrogen) atoms. The summed E-state index contributed by atoms with van der Waals surface area (Å²) in [5, 5.41) is 9.63. The number of nitrogens with zero attached hydrogens (tertiary/aromatic N) is 1. The summed E-state index contributed by atoms with van der Waals surface area (Å²) < 4.78 is 17.9. The van der Waals surface area contributed by atoms with Crippen molar-refractivity contribution in [3.05, 3.63) is 35.1 Å². The van der Waals surface area contributed by atoms with Crippen LogP contribution in [0, 0.1) is 5.82 Å². The first-order chi connectivity index (χ1) is 9.10. The van der Waals surface area contributed by atoms with Crippen molar-refractivity contribution in [2.45, 2.75) is 25.5 Å². The maximum absolute atomic E-state index is 13.2. The van der Waals surface area contributed by atoms with Gasteiger partial charge in [0.2, 0.25) is 0 Å². The van der Waals surface area contributed by atoms with Crippen molar-refractivity contribution < 1.29 is 19.0 Å². The van der Waals surface area contributed by atoms with Crippen molar-refractivity contribution in [3.63, 3.8) is 0 Å². The van der Waals surface area contributed by atoms with Crippen LogP contribution in [0.1, 0.15) is 28.8 Å². The van der Waals surface area contributed by atoms with Gasteiger partial charge < -0.3 is 9.84 Å². The van der Waals surface area contributed by atoms with Crippen LogP contribution in [0.3, 0.4) is 0 Å². The van der Waals surface area contributed by atoms with Crippen LogP contribution >= 0.6 is 0 Å². The van der Waals surface area contributed by atoms with Crippen molar-refractivity contribution in [1.29, 1.82) is 0 Å². The summed E-state index contributed by atoms with van der Waals surface area (Å²) in [7, 11) is 1.28. The Balaban J connectivity index is 2.17. The molecule has 1 aromatic carbocycles. The molecule has 1 N–H and O–H groups in total. The monoisotopic (exact) mass is 267 g/mol. The van der Waals surface area contributed by atoms with Crippen molar-refractivity contribution in [2.75, 3.05) is 20.2 Å². The normalized spacial score (nSPS) is 20.3. The van der Waals surface area contributed by atoms with Crippen LogP contribution in [-0.2, 0) is 11.3 Å². The molecule has 1 heterocycles. The molecule has 1 atom stereocenters. The van der Waals surface area contributed by atoms with Gasteiger partial charge in [-0.05, 0) is 37.1 Å². The SMILES string of the molecule is COC(=O)c1cc(F)ccc1CN1CCCC(O)C1. The minimum absolute atomic E-state index is 0.252. The van der Waals surface area contributed by atoms with E-state index in [0.717, 1.165) is 24.9 Å². The number of carbonyl (C=O) groups excluding carboxylic acids is 1. The molecule has 4 nitrogen and oxygen atoms in total. The standard InChI is InChI=1S/C14H18FNO3/c1-19-14(18)13-7-11(15)5-4-10(13)8-16-6-2-3-12(17)9-16/h4-5,7,12,17H,2-3,6,8-9H2,1H3. The number of piperidine rings is 1. The van der Waals surface area contributed by atoms with Crippen LogP contribution < -0.4 is 0 Å². The average Bonchev–Trinajstić information content (AvgIpc) is 2.40. The summed E-state index contributed by atoms with van der Waals surface area (Å²) in [5.41, 5.74) is 0.977. The van der Waals surface area contributed by atoms with Crippen LogP contribution in [0.4, 0.5) is 4.39 Å². The zero-order chi connectivity index (χ0) is 13.8. The predicted molar refractivity (Wildman–Crippen MR) is 68.3 cm³/mol. The summed E-state index contributed by atoms with van der Waals surface area (Å²) in [6.07, 6.45) is 1.41. The molecule has 5 heteroatoms. The van der Waals surface area contributed by atoms with E-state index in [-0.39, 0.29) is 11.7 Å². The quantitative estimate of drug-likeness (QED) is 0.845. The van der Waals surface area contributed by atoms with Gasteiger partial charge in [-0.3, -0.25) is 4.90 Å². The Morgan fingerprint density at radius 2 is 2.37 bits per heavy atom. The van der Waals surface area contributed by atoms with Crippen LogP contribution in [0.5, 0.6) is 0 Å². The highest BCUT2D eigenvalue weighted by Gasteiger charge is 2.20. The molecule has 1 aliphatic heterocycles. The highest BCUT2D eigenvalue weighted by Crippen LogP contribution is 2.18. The molecule has 0 saturated carbocycles. The van der Waals surface area contributed by atoms with Gasteiger partial charge in [0.15, 0.2) is 0 Å². The van der Waals surface area contributed by atoms with E-state index in [1.807, 2.05) is 0 Å². The van der Waals surface area contributed by atoms with Gasteiger partial charge in [-0.15, -0.1) is 0 Å². The molecule has 104 valence electrons. The number of methoxy groups -OCH3 is 1. The van der Waals surface area contributed by atoms with Gasteiger partial charge >= 0.3 is 5.97 Å². The topological polar surface area (TPSA) is 49.8 Å². The Labute approximate surface area is 111 Å². The molecule has 1 aliphatic rings. The van der Waals surface area contributed by atoms with E-state index >= 15 is 0 Å². The molecular formula is C14H18FNO3. The van der Waals surface area contributed by atoms with E-state index in [9.17, 15) is 14.3 Å². The lowest BCUT2D eigenvalue weighted by Crippen LogP contribution is -2.38. The number of benzene rings is 1. The van der Waals surface area contributed by atoms with Crippen molar-refractivity contribution in [3.8, 4) is 0 Å². The molecule has 2 rings (SSSR count). The second-order valence-corrected chi connectivity index (χ2v) is 4.82. The molecule has 0 radical (unpaired) electrons. The Morgan fingerprint density at radius 1 is 1.58 bits per heavy atom. The largest absolute Gasteiger partial charge is 0.465 e. The number of ether oxygens (including phenoxy) is 1. The first kappa shape index (κ1) is 14.0. The lowest BCUT2D eigenvalue weighted by molar-refractivity contribution is 0.0586. The van der Waals surface area contributed by atoms with Gasteiger partial charge in [0.1, 0.15) is 5.82 Å². The number of carbonyl (C=O) groups is 1. The second kappa shape index (κ2) is 6.12. The van der Waals surface area contributed by atoms with Crippen molar-refractivity contribution in [2.24, 2.45) is 0 Å². The number of β-amino-alcohol motifs (C(OH)–C–C–N with tert-alkyl or cyclic N) is 1. The van der Waals surface area contributed by atoms with Gasteiger partial charge in [0.25, 0.3) is 0 Å². The number of halogens is 1. The fourth-order valence-electron chi connectivity index (χ4n) is 2.40. The summed E-state index contributed by atoms with van der Waals surface area (Å²) in [4.78, 5) is 13.7. The van der Waals surface area contributed by atoms with Gasteiger partial charge in [-0.2, -0.15) is 0 Å². The van der Waals surface area contributed by atoms with E-state index < -0.39 is 11.8 Å². The summed E-state index contributed by atoms with van der Waals surface area (Å²) in [6, 6.07) is 4.13. The van der Waals surface area contributed by atoms with E-state index in [1.165, 1.54) is 19.2 Å². The predicted octanol–water partition coefficient (Wildman–Crippen LogP) is 1.57. The highest BCUT2D eigenvalue weighted by atomic mass is 19.1. The fourth-order valence-corrected chi connectivity index (χ4v) is 2.40. The minimum Gasteiger partial charge on any atom is -0.465 e. The van der Waals surface area contributed by atoms with Crippen LogP contribution in [-0.4, -0.2) is 42.3 Å². The van der Waals surface area contributed by atoms with Crippen LogP contribution in [0.15, 0.2) is 18.2 Å². The van der Waals surface area contributed by atoms with Gasteiger partial charge in [-0.25, -0.2) is 9.18 Å². The fraction of sp³-hybridized carbons (Fsp3) is 0.500. The van der Waals surface area contributed by atoms with Crippen molar-refractivity contribution >= 4 is 5.97 Å². The summed E-state index contributed by atoms with van der Waals surface area (Å²) >= 11 is 0. The Bertz CT molecular complexity index is 464. The van der Waals surface area contributed by atoms with E-state index in [1.54, 1.807) is 6.07 Å². The molecule has 1 saturated heterocycles. The Kier molecular flexibility index (Phi) is 4.50. The number of hydrogen-bond donors (Lipinski definition) is 1. The van der Waals surface area contributed by atoms with Gasteiger partial charge in [-0.1, -0.05) is 6.07 Å². The van der Waals surface area contributed by atoms with E-state index in [4.69, 9.17) is 0 Å². The zero-order valence-corrected chi connectivity index (χ0v) is 10.9. The zero-order valence-electron chi connectivity index (χ0n) is 10.9. The third kappa shape index (κ3) is 3.52. The number of esters is 1. The summed E-state index contributed by atoms with van der Waals surface area (Å²) in [5.74, 6) is -0.991. The lowest BCUT2D eigenvalue weighted by atomic mass is 10.0. The lowest BCUT2D eigenvalue weighted by Gasteiger charge is -2.30. The third-order valence-electron chi connectivity index (χ3n) is 3.35. The average molecular weight is 267 g/mol. The third-order valence-corrected chi connectivity index (χ3v) is 3.35. The molecule has 0 aliphatic carbocycles. The molecule has 0 amide bonds. The summed E-state index contributed by atoms with van der Waals surface area (Å²) in [6.45, 7) is 1.97. The Hall–Kier alpha value is -1.46. The Morgan fingerprint density at radius 3 is 3.05 bits per heavy atom. The number of likely N-dealkylation sites (tertiary alicyclic amines) is 1. The second-order valence-electron chi connectivity index (χ2n) is 4.82. The maximum atomic E-state index is 13.2. The molecule has 1 fully saturated rings. The molecule has 1 unspecified atom stereocenters.